The van der Waals surface area contributed by atoms with Crippen LogP contribution >= 0.6 is 0 Å². The number of imide groups is 2. The van der Waals surface area contributed by atoms with E-state index in [2.05, 4.69) is 4.74 Å². The number of nitrogens with two attached hydrogens (primary N) is 1. The third-order valence-electron chi connectivity index (χ3n) is 2.06. The minimum absolute atomic E-state index is 0.657. The van der Waals surface area contributed by atoms with E-state index in [9.17, 15) is 19.2 Å². The van der Waals surface area contributed by atoms with Crippen molar-refractivity contribution < 1.29 is 23.9 Å². The molecule has 1 fully saturated rings. The van der Waals surface area contributed by atoms with Gasteiger partial charge >= 0.3 is 17.8 Å². The first-order valence-electron chi connectivity index (χ1n) is 4.11. The second-order valence-electron chi connectivity index (χ2n) is 3.00. The fourth-order valence-corrected chi connectivity index (χ4v) is 1.20. The van der Waals surface area contributed by atoms with Crippen molar-refractivity contribution in [3.05, 3.63) is 0 Å². The van der Waals surface area contributed by atoms with Crippen LogP contribution in [0, 0.1) is 0 Å². The van der Waals surface area contributed by atoms with E-state index in [-0.39, 0.29) is 0 Å². The Balaban J connectivity index is 3.04. The second kappa shape index (κ2) is 3.77. The summed E-state index contributed by atoms with van der Waals surface area (Å²) in [5.41, 5.74) is 2.49. The van der Waals surface area contributed by atoms with Crippen LogP contribution in [-0.2, 0) is 14.3 Å². The van der Waals surface area contributed by atoms with E-state index in [4.69, 9.17) is 5.73 Å². The number of hydrogen-bond donors (Lipinski definition) is 3. The summed E-state index contributed by atoms with van der Waals surface area (Å²) in [6, 6.07) is -1.97. The van der Waals surface area contributed by atoms with Crippen LogP contribution in [0.25, 0.3) is 0 Å². The highest BCUT2D eigenvalue weighted by Gasteiger charge is 2.56. The summed E-state index contributed by atoms with van der Waals surface area (Å²) in [6.45, 7) is 0. The number of primary amides is 1. The third kappa shape index (κ3) is 1.56. The molecule has 0 spiro atoms. The van der Waals surface area contributed by atoms with Gasteiger partial charge in [-0.1, -0.05) is 0 Å². The van der Waals surface area contributed by atoms with Gasteiger partial charge in [-0.15, -0.1) is 0 Å². The maximum atomic E-state index is 11.6. The monoisotopic (exact) mass is 230 g/mol. The minimum atomic E-state index is -2.24. The molecule has 4 N–H and O–H groups in total. The Labute approximate surface area is 89.9 Å². The van der Waals surface area contributed by atoms with Crippen molar-refractivity contribution in [2.24, 2.45) is 5.73 Å². The van der Waals surface area contributed by atoms with Gasteiger partial charge in [0.1, 0.15) is 0 Å². The number of nitrogens with zero attached hydrogens (tertiary/aromatic N) is 1. The maximum absolute atomic E-state index is 11.6. The van der Waals surface area contributed by atoms with Crippen LogP contribution in [0.1, 0.15) is 0 Å². The van der Waals surface area contributed by atoms with E-state index in [0.29, 0.717) is 4.90 Å². The van der Waals surface area contributed by atoms with Crippen LogP contribution in [0.3, 0.4) is 0 Å². The lowest BCUT2D eigenvalue weighted by Gasteiger charge is -2.21. The van der Waals surface area contributed by atoms with E-state index in [1.54, 1.807) is 5.32 Å². The molecular formula is C7H10N4O5. The van der Waals surface area contributed by atoms with Crippen molar-refractivity contribution in [3.8, 4) is 0 Å². The van der Waals surface area contributed by atoms with Crippen LogP contribution in [0.2, 0.25) is 0 Å². The molecule has 88 valence electrons. The molecule has 9 heteroatoms. The predicted molar refractivity (Wildman–Crippen MR) is 48.8 cm³/mol. The highest BCUT2D eigenvalue weighted by molar-refractivity contribution is 6.20. The highest BCUT2D eigenvalue weighted by atomic mass is 16.5. The summed E-state index contributed by atoms with van der Waals surface area (Å²) in [5.74, 6) is -2.08. The van der Waals surface area contributed by atoms with E-state index in [1.807, 2.05) is 5.32 Å². The zero-order valence-electron chi connectivity index (χ0n) is 8.57. The summed E-state index contributed by atoms with van der Waals surface area (Å²) < 4.78 is 4.67. The summed E-state index contributed by atoms with van der Waals surface area (Å²) in [6.07, 6.45) is 0. The first kappa shape index (κ1) is 11.9. The van der Waals surface area contributed by atoms with Gasteiger partial charge in [0.25, 0.3) is 11.8 Å². The molecule has 0 aromatic heterocycles. The summed E-state index contributed by atoms with van der Waals surface area (Å²) >= 11 is 0. The number of rotatable bonds is 2. The number of hydrogen-bond acceptors (Lipinski definition) is 5. The van der Waals surface area contributed by atoms with Crippen LogP contribution in [0.4, 0.5) is 9.59 Å². The number of methoxy groups -OCH3 is 1. The molecule has 0 radical (unpaired) electrons. The summed E-state index contributed by atoms with van der Waals surface area (Å²) in [7, 11) is 2.20. The first-order chi connectivity index (χ1) is 7.35. The Kier molecular flexibility index (Phi) is 2.81. The van der Waals surface area contributed by atoms with Crippen molar-refractivity contribution in [1.29, 1.82) is 0 Å². The molecule has 1 atom stereocenters. The molecule has 0 saturated carbocycles. The standard InChI is InChI=1S/C7H10N4O5/c1-11-4(13)7(16-2,10-6(11)15)3(12)9-5(8)14/h1-2H3,(H,10,15)(H3,8,9,12,14). The van der Waals surface area contributed by atoms with Crippen LogP contribution < -0.4 is 16.4 Å². The zero-order chi connectivity index (χ0) is 12.5. The fourth-order valence-electron chi connectivity index (χ4n) is 1.20. The minimum Gasteiger partial charge on any atom is -0.351 e. The van der Waals surface area contributed by atoms with Crippen LogP contribution in [0.15, 0.2) is 0 Å². The Bertz CT molecular complexity index is 381. The van der Waals surface area contributed by atoms with Crippen molar-refractivity contribution >= 4 is 23.9 Å². The van der Waals surface area contributed by atoms with E-state index < -0.39 is 29.6 Å². The lowest BCUT2D eigenvalue weighted by atomic mass is 10.2. The van der Waals surface area contributed by atoms with E-state index >= 15 is 0 Å². The molecule has 6 amide bonds. The molecule has 9 nitrogen and oxygen atoms in total. The molecule has 1 aliphatic rings. The Morgan fingerprint density at radius 3 is 2.38 bits per heavy atom. The van der Waals surface area contributed by atoms with Gasteiger partial charge in [-0.05, 0) is 0 Å². The van der Waals surface area contributed by atoms with Gasteiger partial charge in [0, 0.05) is 14.2 Å². The number of amides is 6. The van der Waals surface area contributed by atoms with Gasteiger partial charge in [-0.25, -0.2) is 9.59 Å². The topological polar surface area (TPSA) is 131 Å². The number of ether oxygens (including phenoxy) is 1. The zero-order valence-corrected chi connectivity index (χ0v) is 8.57. The number of urea groups is 2. The molecule has 1 saturated heterocycles. The lowest BCUT2D eigenvalue weighted by Crippen LogP contribution is -2.61. The fraction of sp³-hybridized carbons (Fsp3) is 0.429. The van der Waals surface area contributed by atoms with Gasteiger partial charge in [0.15, 0.2) is 0 Å². The number of carbonyl (C=O) groups excluding carboxylic acids is 4. The number of nitrogens with one attached hydrogen (secondary N) is 2. The first-order valence-corrected chi connectivity index (χ1v) is 4.11. The maximum Gasteiger partial charge on any atom is 0.327 e. The molecule has 0 aromatic rings. The van der Waals surface area contributed by atoms with Gasteiger partial charge in [0.2, 0.25) is 0 Å². The predicted octanol–water partition coefficient (Wildman–Crippen LogP) is -2.29. The van der Waals surface area contributed by atoms with E-state index in [0.717, 1.165) is 14.2 Å². The van der Waals surface area contributed by atoms with Gasteiger partial charge < -0.3 is 10.5 Å². The molecule has 1 rings (SSSR count). The van der Waals surface area contributed by atoms with Crippen molar-refractivity contribution in [2.45, 2.75) is 5.72 Å². The Morgan fingerprint density at radius 2 is 2.06 bits per heavy atom. The molecule has 1 aliphatic heterocycles. The van der Waals surface area contributed by atoms with Gasteiger partial charge in [0.05, 0.1) is 0 Å². The highest BCUT2D eigenvalue weighted by Crippen LogP contribution is 2.17. The van der Waals surface area contributed by atoms with Crippen LogP contribution in [-0.4, -0.2) is 48.7 Å². The average Bonchev–Trinajstić information content (AvgIpc) is 2.42. The normalized spacial score (nSPS) is 24.2. The third-order valence-corrected chi connectivity index (χ3v) is 2.06. The number of carbonyl (C=O) groups is 4. The molecule has 0 aliphatic carbocycles. The SMILES string of the molecule is COC1(C(=O)NC(N)=O)NC(=O)N(C)C1=O. The molecule has 0 bridgehead atoms. The summed E-state index contributed by atoms with van der Waals surface area (Å²) in [4.78, 5) is 45.4. The summed E-state index contributed by atoms with van der Waals surface area (Å²) in [5, 5.41) is 3.68. The van der Waals surface area contributed by atoms with Crippen molar-refractivity contribution in [3.63, 3.8) is 0 Å². The largest absolute Gasteiger partial charge is 0.351 e. The molecule has 16 heavy (non-hydrogen) atoms. The van der Waals surface area contributed by atoms with Gasteiger partial charge in [-0.3, -0.25) is 25.1 Å². The second-order valence-corrected chi connectivity index (χ2v) is 3.00. The Hall–Kier alpha value is -2.16. The Morgan fingerprint density at radius 1 is 1.50 bits per heavy atom. The smallest absolute Gasteiger partial charge is 0.327 e. The lowest BCUT2D eigenvalue weighted by molar-refractivity contribution is -0.158. The number of likely N-dealkylation sites (N-methyl/N-ethyl adjacent to an activating group) is 1. The average molecular weight is 230 g/mol. The molecule has 0 aromatic carbocycles. The van der Waals surface area contributed by atoms with Crippen molar-refractivity contribution in [1.82, 2.24) is 15.5 Å². The van der Waals surface area contributed by atoms with E-state index in [1.165, 1.54) is 0 Å². The quantitative estimate of drug-likeness (QED) is 0.363. The molecular weight excluding hydrogens is 220 g/mol. The molecule has 1 heterocycles. The molecule has 1 unspecified atom stereocenters. The van der Waals surface area contributed by atoms with Crippen LogP contribution in [0.5, 0.6) is 0 Å². The van der Waals surface area contributed by atoms with Gasteiger partial charge in [-0.2, -0.15) is 0 Å². The van der Waals surface area contributed by atoms with Crippen molar-refractivity contribution in [2.75, 3.05) is 14.2 Å².